The van der Waals surface area contributed by atoms with Crippen LogP contribution in [0.4, 0.5) is 0 Å². The number of esters is 1. The lowest BCUT2D eigenvalue weighted by atomic mass is 9.73. The highest BCUT2D eigenvalue weighted by Crippen LogP contribution is 2.36. The van der Waals surface area contributed by atoms with E-state index in [0.29, 0.717) is 24.9 Å². The summed E-state index contributed by atoms with van der Waals surface area (Å²) in [6, 6.07) is 1.88. The Morgan fingerprint density at radius 1 is 1.37 bits per heavy atom. The van der Waals surface area contributed by atoms with Crippen LogP contribution in [0.3, 0.4) is 0 Å². The zero-order valence-electron chi connectivity index (χ0n) is 11.9. The van der Waals surface area contributed by atoms with E-state index < -0.39 is 0 Å². The van der Waals surface area contributed by atoms with Crippen molar-refractivity contribution in [2.75, 3.05) is 6.61 Å². The SMILES string of the molecule is CCOC(=O)[C@@H]1CC(CCC(=O)CC#N)CC[C@H]1C. The number of hydrogen-bond donors (Lipinski definition) is 0. The van der Waals surface area contributed by atoms with Crippen molar-refractivity contribution in [2.24, 2.45) is 17.8 Å². The molecule has 1 fully saturated rings. The molecule has 106 valence electrons. The molecule has 1 saturated carbocycles. The second-order valence-corrected chi connectivity index (χ2v) is 5.43. The minimum atomic E-state index is -0.0944. The molecule has 3 atom stereocenters. The Hall–Kier alpha value is -1.37. The van der Waals surface area contributed by atoms with Gasteiger partial charge in [-0.3, -0.25) is 9.59 Å². The molecular weight excluding hydrogens is 242 g/mol. The maximum absolute atomic E-state index is 11.9. The Morgan fingerprint density at radius 2 is 2.11 bits per heavy atom. The molecule has 0 amide bonds. The van der Waals surface area contributed by atoms with Gasteiger partial charge in [0.05, 0.1) is 25.0 Å². The van der Waals surface area contributed by atoms with Crippen LogP contribution in [0, 0.1) is 29.1 Å². The minimum absolute atomic E-state index is 0.00439. The van der Waals surface area contributed by atoms with Gasteiger partial charge in [-0.2, -0.15) is 5.26 Å². The van der Waals surface area contributed by atoms with Crippen LogP contribution in [0.15, 0.2) is 0 Å². The first-order valence-electron chi connectivity index (χ1n) is 7.13. The molecule has 0 aromatic heterocycles. The van der Waals surface area contributed by atoms with E-state index in [9.17, 15) is 9.59 Å². The van der Waals surface area contributed by atoms with Crippen molar-refractivity contribution in [1.82, 2.24) is 0 Å². The van der Waals surface area contributed by atoms with Gasteiger partial charge in [0.1, 0.15) is 5.78 Å². The predicted octanol–water partition coefficient (Wildman–Crippen LogP) is 2.86. The third-order valence-electron chi connectivity index (χ3n) is 4.00. The number of ketones is 1. The van der Waals surface area contributed by atoms with Crippen LogP contribution in [0.5, 0.6) is 0 Å². The van der Waals surface area contributed by atoms with E-state index in [2.05, 4.69) is 6.92 Å². The van der Waals surface area contributed by atoms with Crippen molar-refractivity contribution >= 4 is 11.8 Å². The molecule has 0 aliphatic heterocycles. The van der Waals surface area contributed by atoms with Crippen molar-refractivity contribution < 1.29 is 14.3 Å². The normalized spacial score (nSPS) is 26.5. The van der Waals surface area contributed by atoms with E-state index in [0.717, 1.165) is 25.7 Å². The van der Waals surface area contributed by atoms with Crippen molar-refractivity contribution in [2.45, 2.75) is 52.4 Å². The van der Waals surface area contributed by atoms with Crippen LogP contribution in [-0.4, -0.2) is 18.4 Å². The summed E-state index contributed by atoms with van der Waals surface area (Å²) in [5.74, 6) is 0.667. The van der Waals surface area contributed by atoms with Gasteiger partial charge in [0.2, 0.25) is 0 Å². The second kappa shape index (κ2) is 7.93. The Balaban J connectivity index is 2.43. The van der Waals surface area contributed by atoms with Crippen molar-refractivity contribution in [3.63, 3.8) is 0 Å². The summed E-state index contributed by atoms with van der Waals surface area (Å²) >= 11 is 0. The lowest BCUT2D eigenvalue weighted by molar-refractivity contribution is -0.151. The molecule has 0 aromatic rings. The standard InChI is InChI=1S/C15H23NO3/c1-3-19-15(18)14-10-12(5-4-11(14)2)6-7-13(17)8-9-16/h11-12,14H,3-8,10H2,1-2H3/t11-,12?,14-/m1/s1. The van der Waals surface area contributed by atoms with Gasteiger partial charge in [-0.1, -0.05) is 13.3 Å². The average molecular weight is 265 g/mol. The van der Waals surface area contributed by atoms with E-state index in [1.54, 1.807) is 0 Å². The summed E-state index contributed by atoms with van der Waals surface area (Å²) in [6.07, 6.45) is 4.16. The molecule has 1 aliphatic rings. The molecule has 0 radical (unpaired) electrons. The van der Waals surface area contributed by atoms with Gasteiger partial charge in [-0.25, -0.2) is 0 Å². The first kappa shape index (κ1) is 15.7. The molecule has 0 spiro atoms. The molecule has 0 N–H and O–H groups in total. The monoisotopic (exact) mass is 265 g/mol. The zero-order chi connectivity index (χ0) is 14.3. The number of rotatable bonds is 6. The molecule has 0 saturated heterocycles. The molecule has 1 unspecified atom stereocenters. The van der Waals surface area contributed by atoms with Gasteiger partial charge < -0.3 is 4.74 Å². The fourth-order valence-electron chi connectivity index (χ4n) is 2.79. The van der Waals surface area contributed by atoms with E-state index in [-0.39, 0.29) is 24.1 Å². The minimum Gasteiger partial charge on any atom is -0.466 e. The highest BCUT2D eigenvalue weighted by atomic mass is 16.5. The first-order chi connectivity index (χ1) is 9.08. The van der Waals surface area contributed by atoms with Crippen LogP contribution >= 0.6 is 0 Å². The maximum atomic E-state index is 11.9. The molecular formula is C15H23NO3. The molecule has 0 heterocycles. The second-order valence-electron chi connectivity index (χ2n) is 5.43. The number of nitrogens with zero attached hydrogens (tertiary/aromatic N) is 1. The van der Waals surface area contributed by atoms with Crippen molar-refractivity contribution in [3.05, 3.63) is 0 Å². The predicted molar refractivity (Wildman–Crippen MR) is 71.1 cm³/mol. The van der Waals surface area contributed by atoms with Crippen molar-refractivity contribution in [3.8, 4) is 6.07 Å². The van der Waals surface area contributed by atoms with E-state index in [4.69, 9.17) is 10.00 Å². The van der Waals surface area contributed by atoms with Crippen LogP contribution < -0.4 is 0 Å². The first-order valence-corrected chi connectivity index (χ1v) is 7.13. The van der Waals surface area contributed by atoms with E-state index in [1.165, 1.54) is 0 Å². The van der Waals surface area contributed by atoms with Crippen LogP contribution in [0.2, 0.25) is 0 Å². The molecule has 4 nitrogen and oxygen atoms in total. The molecule has 0 bridgehead atoms. The van der Waals surface area contributed by atoms with Crippen LogP contribution in [0.1, 0.15) is 52.4 Å². The summed E-state index contributed by atoms with van der Waals surface area (Å²) in [6.45, 7) is 4.34. The summed E-state index contributed by atoms with van der Waals surface area (Å²) in [5.41, 5.74) is 0. The van der Waals surface area contributed by atoms with Gasteiger partial charge in [0.25, 0.3) is 0 Å². The number of hydrogen-bond acceptors (Lipinski definition) is 4. The fraction of sp³-hybridized carbons (Fsp3) is 0.800. The Kier molecular flexibility index (Phi) is 6.55. The topological polar surface area (TPSA) is 67.2 Å². The fourth-order valence-corrected chi connectivity index (χ4v) is 2.79. The summed E-state index contributed by atoms with van der Waals surface area (Å²) in [5, 5.41) is 8.45. The number of Topliss-reactive ketones (excluding diaryl/α,β-unsaturated/α-hetero) is 1. The molecule has 4 heteroatoms. The van der Waals surface area contributed by atoms with Crippen molar-refractivity contribution in [1.29, 1.82) is 5.26 Å². The summed E-state index contributed by atoms with van der Waals surface area (Å²) in [4.78, 5) is 23.2. The van der Waals surface area contributed by atoms with Gasteiger partial charge in [0.15, 0.2) is 0 Å². The lowest BCUT2D eigenvalue weighted by Gasteiger charge is -2.32. The van der Waals surface area contributed by atoms with Crippen LogP contribution in [-0.2, 0) is 14.3 Å². The quantitative estimate of drug-likeness (QED) is 0.692. The van der Waals surface area contributed by atoms with Gasteiger partial charge in [-0.05, 0) is 38.0 Å². The molecule has 1 aliphatic carbocycles. The number of carbonyl (C=O) groups excluding carboxylic acids is 2. The highest BCUT2D eigenvalue weighted by Gasteiger charge is 2.33. The Labute approximate surface area is 115 Å². The smallest absolute Gasteiger partial charge is 0.309 e. The van der Waals surface area contributed by atoms with Gasteiger partial charge in [0, 0.05) is 6.42 Å². The molecule has 1 rings (SSSR count). The Morgan fingerprint density at radius 3 is 2.74 bits per heavy atom. The number of nitriles is 1. The lowest BCUT2D eigenvalue weighted by Crippen LogP contribution is -2.31. The van der Waals surface area contributed by atoms with E-state index in [1.807, 2.05) is 13.0 Å². The summed E-state index contributed by atoms with van der Waals surface area (Å²) in [7, 11) is 0. The number of carbonyl (C=O) groups is 2. The van der Waals surface area contributed by atoms with Crippen LogP contribution in [0.25, 0.3) is 0 Å². The number of ether oxygens (including phenoxy) is 1. The Bertz CT molecular complexity index is 359. The molecule has 0 aromatic carbocycles. The third-order valence-corrected chi connectivity index (χ3v) is 4.00. The third kappa shape index (κ3) is 5.02. The zero-order valence-corrected chi connectivity index (χ0v) is 11.9. The highest BCUT2D eigenvalue weighted by molar-refractivity contribution is 5.80. The maximum Gasteiger partial charge on any atom is 0.309 e. The van der Waals surface area contributed by atoms with Gasteiger partial charge in [-0.15, -0.1) is 0 Å². The average Bonchev–Trinajstić information content (AvgIpc) is 2.38. The summed E-state index contributed by atoms with van der Waals surface area (Å²) < 4.78 is 5.12. The molecule has 19 heavy (non-hydrogen) atoms. The largest absolute Gasteiger partial charge is 0.466 e. The van der Waals surface area contributed by atoms with Gasteiger partial charge >= 0.3 is 5.97 Å². The van der Waals surface area contributed by atoms with E-state index >= 15 is 0 Å².